The number of allylic oxidation sites excluding steroid dienone is 1. The number of aromatic nitrogens is 1. The average Bonchev–Trinajstić information content (AvgIpc) is 2.05. The molecule has 1 heterocycles. The molecule has 0 fully saturated rings. The molecule has 1 aromatic rings. The minimum atomic E-state index is -1.14. The van der Waals surface area contributed by atoms with Gasteiger partial charge in [0.15, 0.2) is 0 Å². The van der Waals surface area contributed by atoms with E-state index >= 15 is 0 Å². The smallest absolute Gasteiger partial charge is 0.131 e. The van der Waals surface area contributed by atoms with E-state index in [1.54, 1.807) is 25.3 Å². The first-order valence-electron chi connectivity index (χ1n) is 3.20. The number of rotatable bonds is 2. The molecule has 3 heteroatoms. The molecular formula is C8H9NOS. The molecule has 58 valence electrons. The van der Waals surface area contributed by atoms with Crippen LogP contribution in [0.15, 0.2) is 40.9 Å². The van der Waals surface area contributed by atoms with E-state index in [1.165, 1.54) is 0 Å². The van der Waals surface area contributed by atoms with Crippen LogP contribution in [0.3, 0.4) is 0 Å². The lowest BCUT2D eigenvalue weighted by atomic mass is 10.5. The van der Waals surface area contributed by atoms with Crippen molar-refractivity contribution in [1.82, 2.24) is 4.98 Å². The van der Waals surface area contributed by atoms with Crippen molar-refractivity contribution in [1.29, 1.82) is 0 Å². The summed E-state index contributed by atoms with van der Waals surface area (Å²) in [6.45, 7) is 5.32. The Morgan fingerprint density at radius 3 is 2.82 bits per heavy atom. The average molecular weight is 167 g/mol. The van der Waals surface area contributed by atoms with Gasteiger partial charge >= 0.3 is 0 Å². The highest BCUT2D eigenvalue weighted by molar-refractivity contribution is 7.88. The van der Waals surface area contributed by atoms with E-state index in [4.69, 9.17) is 0 Å². The van der Waals surface area contributed by atoms with Crippen LogP contribution >= 0.6 is 0 Å². The lowest BCUT2D eigenvalue weighted by Gasteiger charge is -1.97. The first-order valence-corrected chi connectivity index (χ1v) is 4.35. The van der Waals surface area contributed by atoms with Gasteiger partial charge < -0.3 is 0 Å². The fourth-order valence-corrected chi connectivity index (χ4v) is 1.35. The number of hydrogen-bond acceptors (Lipinski definition) is 2. The van der Waals surface area contributed by atoms with E-state index in [-0.39, 0.29) is 0 Å². The van der Waals surface area contributed by atoms with Gasteiger partial charge in [-0.05, 0) is 19.1 Å². The third-order valence-corrected chi connectivity index (χ3v) is 2.40. The molecule has 0 spiro atoms. The van der Waals surface area contributed by atoms with Crippen molar-refractivity contribution in [3.05, 3.63) is 35.9 Å². The van der Waals surface area contributed by atoms with Crippen molar-refractivity contribution in [2.24, 2.45) is 0 Å². The summed E-state index contributed by atoms with van der Waals surface area (Å²) < 4.78 is 11.3. The Bertz CT molecular complexity index is 281. The molecule has 0 aliphatic heterocycles. The Morgan fingerprint density at radius 1 is 1.64 bits per heavy atom. The minimum Gasteiger partial charge on any atom is -0.248 e. The number of hydrogen-bond donors (Lipinski definition) is 0. The summed E-state index contributed by atoms with van der Waals surface area (Å²) in [5.74, 6) is 0. The fraction of sp³-hybridized carbons (Fsp3) is 0.125. The largest absolute Gasteiger partial charge is 0.248 e. The topological polar surface area (TPSA) is 30.0 Å². The van der Waals surface area contributed by atoms with Crippen LogP contribution in [0.1, 0.15) is 6.92 Å². The molecule has 0 saturated carbocycles. The van der Waals surface area contributed by atoms with Gasteiger partial charge in [0, 0.05) is 11.1 Å². The molecule has 0 aliphatic carbocycles. The molecule has 1 rings (SSSR count). The Labute approximate surface area is 68.4 Å². The molecule has 0 aliphatic rings. The molecule has 0 bridgehead atoms. The summed E-state index contributed by atoms with van der Waals surface area (Å²) in [6, 6.07) is 5.33. The van der Waals surface area contributed by atoms with E-state index in [1.807, 2.05) is 6.07 Å². The monoisotopic (exact) mass is 167 g/mol. The maximum absolute atomic E-state index is 11.3. The minimum absolute atomic E-state index is 0.569. The second-order valence-electron chi connectivity index (χ2n) is 2.14. The van der Waals surface area contributed by atoms with Crippen LogP contribution < -0.4 is 0 Å². The summed E-state index contributed by atoms with van der Waals surface area (Å²) in [5, 5.41) is 0.569. The quantitative estimate of drug-likeness (QED) is 0.671. The van der Waals surface area contributed by atoms with Crippen molar-refractivity contribution in [3.8, 4) is 0 Å². The van der Waals surface area contributed by atoms with Crippen LogP contribution in [-0.2, 0) is 10.8 Å². The zero-order chi connectivity index (χ0) is 8.27. The van der Waals surface area contributed by atoms with E-state index in [2.05, 4.69) is 11.6 Å². The summed E-state index contributed by atoms with van der Waals surface area (Å²) >= 11 is 0. The van der Waals surface area contributed by atoms with E-state index in [0.29, 0.717) is 9.93 Å². The van der Waals surface area contributed by atoms with Gasteiger partial charge in [-0.15, -0.1) is 0 Å². The van der Waals surface area contributed by atoms with Gasteiger partial charge in [-0.3, -0.25) is 0 Å². The van der Waals surface area contributed by atoms with Crippen molar-refractivity contribution in [2.45, 2.75) is 11.9 Å². The van der Waals surface area contributed by atoms with Crippen LogP contribution in [0, 0.1) is 0 Å². The first-order chi connectivity index (χ1) is 5.22. The van der Waals surface area contributed by atoms with Gasteiger partial charge in [0.2, 0.25) is 0 Å². The molecule has 1 unspecified atom stereocenters. The molecule has 2 nitrogen and oxygen atoms in total. The van der Waals surface area contributed by atoms with Gasteiger partial charge in [-0.1, -0.05) is 12.6 Å². The summed E-state index contributed by atoms with van der Waals surface area (Å²) in [5.41, 5.74) is 0. The third kappa shape index (κ3) is 1.98. The van der Waals surface area contributed by atoms with E-state index < -0.39 is 10.8 Å². The molecule has 0 aromatic carbocycles. The van der Waals surface area contributed by atoms with Crippen molar-refractivity contribution in [3.63, 3.8) is 0 Å². The zero-order valence-corrected chi connectivity index (χ0v) is 7.10. The summed E-state index contributed by atoms with van der Waals surface area (Å²) in [7, 11) is -1.14. The van der Waals surface area contributed by atoms with Crippen LogP contribution in [-0.4, -0.2) is 9.19 Å². The Balaban J connectivity index is 2.95. The molecule has 0 amide bonds. The molecule has 0 radical (unpaired) electrons. The predicted molar refractivity (Wildman–Crippen MR) is 45.5 cm³/mol. The standard InChI is InChI=1S/C8H9NOS/c1-7(2)11(10)8-5-3-4-6-9-8/h3-6H,1H2,2H3. The van der Waals surface area contributed by atoms with Crippen molar-refractivity contribution >= 4 is 10.8 Å². The second-order valence-corrected chi connectivity index (χ2v) is 3.79. The van der Waals surface area contributed by atoms with Gasteiger partial charge in [-0.2, -0.15) is 0 Å². The Hall–Kier alpha value is -0.960. The van der Waals surface area contributed by atoms with Crippen molar-refractivity contribution in [2.75, 3.05) is 0 Å². The van der Waals surface area contributed by atoms with Gasteiger partial charge in [0.1, 0.15) is 5.03 Å². The highest BCUT2D eigenvalue weighted by Crippen LogP contribution is 2.07. The van der Waals surface area contributed by atoms with Crippen LogP contribution in [0.5, 0.6) is 0 Å². The van der Waals surface area contributed by atoms with Crippen LogP contribution in [0.2, 0.25) is 0 Å². The fourth-order valence-electron chi connectivity index (χ4n) is 0.635. The molecule has 0 N–H and O–H groups in total. The van der Waals surface area contributed by atoms with Gasteiger partial charge in [0.25, 0.3) is 0 Å². The van der Waals surface area contributed by atoms with E-state index in [0.717, 1.165) is 0 Å². The van der Waals surface area contributed by atoms with Crippen molar-refractivity contribution < 1.29 is 4.21 Å². The first kappa shape index (κ1) is 8.14. The second kappa shape index (κ2) is 3.44. The molecular weight excluding hydrogens is 158 g/mol. The molecule has 0 saturated heterocycles. The zero-order valence-electron chi connectivity index (χ0n) is 6.28. The van der Waals surface area contributed by atoms with Gasteiger partial charge in [-0.25, -0.2) is 9.19 Å². The Morgan fingerprint density at radius 2 is 2.36 bits per heavy atom. The Kier molecular flexibility index (Phi) is 2.54. The highest BCUT2D eigenvalue weighted by atomic mass is 32.2. The van der Waals surface area contributed by atoms with E-state index in [9.17, 15) is 4.21 Å². The van der Waals surface area contributed by atoms with Crippen LogP contribution in [0.4, 0.5) is 0 Å². The molecule has 1 aromatic heterocycles. The maximum atomic E-state index is 11.3. The van der Waals surface area contributed by atoms with Crippen LogP contribution in [0.25, 0.3) is 0 Å². The third-order valence-electron chi connectivity index (χ3n) is 1.14. The number of pyridine rings is 1. The lowest BCUT2D eigenvalue weighted by molar-refractivity contribution is 0.684. The summed E-state index contributed by atoms with van der Waals surface area (Å²) in [6.07, 6.45) is 1.62. The highest BCUT2D eigenvalue weighted by Gasteiger charge is 2.02. The van der Waals surface area contributed by atoms with Gasteiger partial charge in [0.05, 0.1) is 10.8 Å². The molecule has 1 atom stereocenters. The number of nitrogens with zero attached hydrogens (tertiary/aromatic N) is 1. The molecule has 11 heavy (non-hydrogen) atoms. The lowest BCUT2D eigenvalue weighted by Crippen LogP contribution is -1.93. The SMILES string of the molecule is C=C(C)S(=O)c1ccccn1. The predicted octanol–water partition coefficient (Wildman–Crippen LogP) is 1.72. The normalized spacial score (nSPS) is 12.5. The summed E-state index contributed by atoms with van der Waals surface area (Å²) in [4.78, 5) is 4.57. The maximum Gasteiger partial charge on any atom is 0.131 e.